The minimum absolute atomic E-state index is 0.0528. The fraction of sp³-hybridized carbons (Fsp3) is 0.552. The summed E-state index contributed by atoms with van der Waals surface area (Å²) in [6.45, 7) is 6.87. The van der Waals surface area contributed by atoms with E-state index in [0.717, 1.165) is 41.7 Å². The number of ether oxygens (including phenoxy) is 1. The van der Waals surface area contributed by atoms with E-state index in [0.29, 0.717) is 18.1 Å². The second-order valence-electron chi connectivity index (χ2n) is 11.1. The third kappa shape index (κ3) is 4.58. The van der Waals surface area contributed by atoms with Gasteiger partial charge in [-0.15, -0.1) is 0 Å². The lowest BCUT2D eigenvalue weighted by atomic mass is 9.63. The van der Waals surface area contributed by atoms with Crippen molar-refractivity contribution in [3.8, 4) is 11.1 Å². The molecule has 1 heterocycles. The summed E-state index contributed by atoms with van der Waals surface area (Å²) in [5.74, 6) is 2.33. The van der Waals surface area contributed by atoms with Gasteiger partial charge in [-0.3, -0.25) is 0 Å². The van der Waals surface area contributed by atoms with Crippen LogP contribution in [0, 0.1) is 29.4 Å². The van der Waals surface area contributed by atoms with Crippen LogP contribution < -0.4 is 0 Å². The van der Waals surface area contributed by atoms with Crippen molar-refractivity contribution in [2.75, 3.05) is 6.61 Å². The zero-order valence-corrected chi connectivity index (χ0v) is 20.0. The Bertz CT molecular complexity index is 1020. The summed E-state index contributed by atoms with van der Waals surface area (Å²) in [7, 11) is 0. The molecule has 0 N–H and O–H groups in total. The summed E-state index contributed by atoms with van der Waals surface area (Å²) >= 11 is 0. The summed E-state index contributed by atoms with van der Waals surface area (Å²) in [6, 6.07) is 10.3. The van der Waals surface area contributed by atoms with Crippen LogP contribution in [0.4, 0.5) is 8.78 Å². The third-order valence-corrected chi connectivity index (χ3v) is 8.22. The van der Waals surface area contributed by atoms with E-state index in [-0.39, 0.29) is 17.0 Å². The topological polar surface area (TPSA) is 21.6 Å². The molecule has 0 bridgehead atoms. The fourth-order valence-electron chi connectivity index (χ4n) is 6.28. The Kier molecular flexibility index (Phi) is 6.05. The van der Waals surface area contributed by atoms with E-state index in [1.54, 1.807) is 24.3 Å². The first-order valence-corrected chi connectivity index (χ1v) is 12.7. The SMILES string of the molecule is CCC1CC[C@@H]2C[C@H](c3cc(F)c(-c4ccc(C5=NC(C)(C)CO5)cc4)c(F)c3)CC[C@@H]2C1. The number of hydrogen-bond donors (Lipinski definition) is 0. The molecule has 2 fully saturated rings. The van der Waals surface area contributed by atoms with Gasteiger partial charge in [0.25, 0.3) is 0 Å². The van der Waals surface area contributed by atoms with Crippen molar-refractivity contribution in [2.24, 2.45) is 22.7 Å². The Morgan fingerprint density at radius 3 is 2.18 bits per heavy atom. The maximum absolute atomic E-state index is 15.2. The number of hydrogen-bond acceptors (Lipinski definition) is 2. The van der Waals surface area contributed by atoms with E-state index in [2.05, 4.69) is 11.9 Å². The molecule has 0 spiro atoms. The third-order valence-electron chi connectivity index (χ3n) is 8.22. The van der Waals surface area contributed by atoms with Crippen molar-refractivity contribution < 1.29 is 13.5 Å². The maximum atomic E-state index is 15.2. The predicted molar refractivity (Wildman–Crippen MR) is 130 cm³/mol. The number of rotatable bonds is 4. The Morgan fingerprint density at radius 1 is 0.909 bits per heavy atom. The van der Waals surface area contributed by atoms with Crippen molar-refractivity contribution in [3.63, 3.8) is 0 Å². The van der Waals surface area contributed by atoms with Gasteiger partial charge in [-0.05, 0) is 105 Å². The van der Waals surface area contributed by atoms with Gasteiger partial charge in [0.2, 0.25) is 5.90 Å². The molecule has 1 unspecified atom stereocenters. The van der Waals surface area contributed by atoms with Crippen molar-refractivity contribution >= 4 is 5.90 Å². The Hall–Kier alpha value is -2.23. The van der Waals surface area contributed by atoms with Gasteiger partial charge < -0.3 is 4.74 Å². The number of nitrogens with zero attached hydrogens (tertiary/aromatic N) is 1. The molecule has 2 aliphatic carbocycles. The van der Waals surface area contributed by atoms with E-state index in [4.69, 9.17) is 4.74 Å². The standard InChI is InChI=1S/C29H35F2NO/c1-4-18-5-6-22-14-23(12-11-21(22)13-18)24-15-25(30)27(26(31)16-24)19-7-9-20(10-8-19)28-32-29(2,3)17-33-28/h7-10,15-16,18,21-23H,4-6,11-14,17H2,1-3H3/t18?,21-,22-,23-/m1/s1. The smallest absolute Gasteiger partial charge is 0.216 e. The highest BCUT2D eigenvalue weighted by Gasteiger charge is 2.36. The van der Waals surface area contributed by atoms with Gasteiger partial charge >= 0.3 is 0 Å². The van der Waals surface area contributed by atoms with Crippen molar-refractivity contribution in [1.29, 1.82) is 0 Å². The molecule has 2 nitrogen and oxygen atoms in total. The summed E-state index contributed by atoms with van der Waals surface area (Å²) in [4.78, 5) is 4.58. The first kappa shape index (κ1) is 22.6. The molecular formula is C29H35F2NO. The monoisotopic (exact) mass is 451 g/mol. The van der Waals surface area contributed by atoms with E-state index < -0.39 is 11.6 Å². The predicted octanol–water partition coefficient (Wildman–Crippen LogP) is 7.90. The van der Waals surface area contributed by atoms with Gasteiger partial charge in [-0.2, -0.15) is 0 Å². The van der Waals surface area contributed by atoms with Gasteiger partial charge in [0, 0.05) is 5.56 Å². The molecule has 1 aliphatic heterocycles. The van der Waals surface area contributed by atoms with Crippen LogP contribution in [0.1, 0.15) is 82.8 Å². The Morgan fingerprint density at radius 2 is 1.55 bits per heavy atom. The van der Waals surface area contributed by atoms with Crippen LogP contribution in [0.15, 0.2) is 41.4 Å². The number of fused-ring (bicyclic) bond motifs is 1. The molecule has 2 aromatic carbocycles. The van der Waals surface area contributed by atoms with E-state index >= 15 is 8.78 Å². The summed E-state index contributed by atoms with van der Waals surface area (Å²) in [5.41, 5.74) is 2.02. The summed E-state index contributed by atoms with van der Waals surface area (Å²) in [5, 5.41) is 0. The van der Waals surface area contributed by atoms with Crippen LogP contribution in [0.2, 0.25) is 0 Å². The zero-order chi connectivity index (χ0) is 23.2. The van der Waals surface area contributed by atoms with Gasteiger partial charge in [0.1, 0.15) is 18.2 Å². The van der Waals surface area contributed by atoms with Crippen LogP contribution in [0.5, 0.6) is 0 Å². The molecule has 176 valence electrons. The second-order valence-corrected chi connectivity index (χ2v) is 11.1. The quantitative estimate of drug-likeness (QED) is 0.463. The molecule has 5 rings (SSSR count). The number of benzene rings is 2. The first-order chi connectivity index (χ1) is 15.8. The van der Waals surface area contributed by atoms with Gasteiger partial charge in [-0.1, -0.05) is 31.9 Å². The molecule has 4 atom stereocenters. The molecule has 4 heteroatoms. The van der Waals surface area contributed by atoms with Gasteiger partial charge in [0.05, 0.1) is 11.1 Å². The normalized spacial score (nSPS) is 28.7. The molecule has 2 aromatic rings. The van der Waals surface area contributed by atoms with Crippen LogP contribution in [0.25, 0.3) is 11.1 Å². The number of halogens is 2. The minimum atomic E-state index is -0.467. The highest BCUT2D eigenvalue weighted by atomic mass is 19.1. The molecule has 2 saturated carbocycles. The lowest BCUT2D eigenvalue weighted by Gasteiger charge is -2.42. The highest BCUT2D eigenvalue weighted by molar-refractivity contribution is 5.95. The van der Waals surface area contributed by atoms with Gasteiger partial charge in [0.15, 0.2) is 0 Å². The van der Waals surface area contributed by atoms with Crippen molar-refractivity contribution in [2.45, 2.75) is 77.2 Å². The average Bonchev–Trinajstić information content (AvgIpc) is 3.18. The van der Waals surface area contributed by atoms with Crippen LogP contribution >= 0.6 is 0 Å². The van der Waals surface area contributed by atoms with E-state index in [9.17, 15) is 0 Å². The lowest BCUT2D eigenvalue weighted by molar-refractivity contribution is 0.116. The molecule has 0 amide bonds. The molecule has 3 aliphatic rings. The Balaban J connectivity index is 1.33. The van der Waals surface area contributed by atoms with Crippen LogP contribution in [-0.4, -0.2) is 18.0 Å². The van der Waals surface area contributed by atoms with E-state index in [1.165, 1.54) is 32.1 Å². The highest BCUT2D eigenvalue weighted by Crippen LogP contribution is 2.48. The van der Waals surface area contributed by atoms with E-state index in [1.807, 2.05) is 26.0 Å². The average molecular weight is 452 g/mol. The second kappa shape index (κ2) is 8.85. The van der Waals surface area contributed by atoms with Crippen LogP contribution in [0.3, 0.4) is 0 Å². The van der Waals surface area contributed by atoms with Gasteiger partial charge in [-0.25, -0.2) is 13.8 Å². The summed E-state index contributed by atoms with van der Waals surface area (Å²) < 4.78 is 36.1. The minimum Gasteiger partial charge on any atom is -0.475 e. The Labute approximate surface area is 196 Å². The van der Waals surface area contributed by atoms with Crippen molar-refractivity contribution in [1.82, 2.24) is 0 Å². The fourth-order valence-corrected chi connectivity index (χ4v) is 6.28. The largest absolute Gasteiger partial charge is 0.475 e. The zero-order valence-electron chi connectivity index (χ0n) is 20.0. The van der Waals surface area contributed by atoms with Crippen molar-refractivity contribution in [3.05, 3.63) is 59.2 Å². The molecule has 0 aromatic heterocycles. The molecular weight excluding hydrogens is 416 g/mol. The first-order valence-electron chi connectivity index (χ1n) is 12.7. The maximum Gasteiger partial charge on any atom is 0.216 e. The van der Waals surface area contributed by atoms with Crippen LogP contribution in [-0.2, 0) is 4.74 Å². The summed E-state index contributed by atoms with van der Waals surface area (Å²) in [6.07, 6.45) is 8.54. The molecule has 0 radical (unpaired) electrons. The number of aliphatic imine (C=N–C) groups is 1. The lowest BCUT2D eigenvalue weighted by Crippen LogP contribution is -2.30. The molecule has 0 saturated heterocycles. The molecule has 33 heavy (non-hydrogen) atoms.